The van der Waals surface area contributed by atoms with Gasteiger partial charge in [-0.1, -0.05) is 12.1 Å². The maximum atomic E-state index is 12.9. The molecule has 1 aliphatic heterocycles. The average molecular weight is 418 g/mol. The van der Waals surface area contributed by atoms with Gasteiger partial charge in [0.25, 0.3) is 0 Å². The van der Waals surface area contributed by atoms with Crippen LogP contribution in [0, 0.1) is 0 Å². The van der Waals surface area contributed by atoms with Crippen molar-refractivity contribution in [2.45, 2.75) is 24.8 Å². The SMILES string of the molecule is NC(=O)C(CCc1cccnc1)(NCCc1ccncc1)c1ccc2c(c1)OCCO2. The van der Waals surface area contributed by atoms with Crippen LogP contribution in [0.1, 0.15) is 23.1 Å². The summed E-state index contributed by atoms with van der Waals surface area (Å²) < 4.78 is 11.4. The molecule has 1 amide bonds. The van der Waals surface area contributed by atoms with E-state index < -0.39 is 11.4 Å². The van der Waals surface area contributed by atoms with Crippen LogP contribution in [0.25, 0.3) is 0 Å². The standard InChI is InChI=1S/C24H26N4O3/c25-23(29)24(9-5-19-2-1-10-27-17-19,28-13-8-18-6-11-26-12-7-18)20-3-4-21-22(16-20)31-15-14-30-21/h1-4,6-7,10-12,16-17,28H,5,8-9,13-15H2,(H2,25,29). The van der Waals surface area contributed by atoms with E-state index in [1.165, 1.54) is 0 Å². The van der Waals surface area contributed by atoms with Crippen molar-refractivity contribution in [3.05, 3.63) is 83.9 Å². The first-order valence-electron chi connectivity index (χ1n) is 10.4. The van der Waals surface area contributed by atoms with E-state index in [2.05, 4.69) is 15.3 Å². The van der Waals surface area contributed by atoms with Crippen molar-refractivity contribution in [1.82, 2.24) is 15.3 Å². The fraction of sp³-hybridized carbons (Fsp3) is 0.292. The third-order valence-corrected chi connectivity index (χ3v) is 5.56. The smallest absolute Gasteiger partial charge is 0.242 e. The molecule has 0 spiro atoms. The summed E-state index contributed by atoms with van der Waals surface area (Å²) in [4.78, 5) is 21.2. The highest BCUT2D eigenvalue weighted by atomic mass is 16.6. The molecule has 0 radical (unpaired) electrons. The van der Waals surface area contributed by atoms with Gasteiger partial charge in [-0.05, 0) is 66.3 Å². The highest BCUT2D eigenvalue weighted by Gasteiger charge is 2.38. The molecule has 7 heteroatoms. The molecular weight excluding hydrogens is 392 g/mol. The normalized spacial score (nSPS) is 14.6. The van der Waals surface area contributed by atoms with Crippen LogP contribution in [0.15, 0.2) is 67.3 Å². The van der Waals surface area contributed by atoms with Crippen molar-refractivity contribution in [3.63, 3.8) is 0 Å². The maximum Gasteiger partial charge on any atom is 0.242 e. The number of rotatable bonds is 9. The van der Waals surface area contributed by atoms with Crippen LogP contribution in [-0.4, -0.2) is 35.6 Å². The molecule has 0 bridgehead atoms. The second-order valence-electron chi connectivity index (χ2n) is 7.52. The van der Waals surface area contributed by atoms with Crippen LogP contribution >= 0.6 is 0 Å². The Kier molecular flexibility index (Phi) is 6.43. The number of ether oxygens (including phenoxy) is 2. The second kappa shape index (κ2) is 9.57. The third-order valence-electron chi connectivity index (χ3n) is 5.56. The summed E-state index contributed by atoms with van der Waals surface area (Å²) in [6.45, 7) is 1.57. The molecule has 3 aromatic rings. The predicted octanol–water partition coefficient (Wildman–Crippen LogP) is 2.39. The highest BCUT2D eigenvalue weighted by Crippen LogP contribution is 2.36. The van der Waals surface area contributed by atoms with Crippen LogP contribution in [0.2, 0.25) is 0 Å². The second-order valence-corrected chi connectivity index (χ2v) is 7.52. The van der Waals surface area contributed by atoms with Gasteiger partial charge in [0.05, 0.1) is 0 Å². The Balaban J connectivity index is 1.62. The number of carbonyl (C=O) groups excluding carboxylic acids is 1. The van der Waals surface area contributed by atoms with Crippen molar-refractivity contribution in [1.29, 1.82) is 0 Å². The first kappa shape index (κ1) is 20.8. The van der Waals surface area contributed by atoms with Gasteiger partial charge in [-0.15, -0.1) is 0 Å². The van der Waals surface area contributed by atoms with Crippen molar-refractivity contribution in [3.8, 4) is 11.5 Å². The Hall–Kier alpha value is -3.45. The molecule has 0 saturated carbocycles. The van der Waals surface area contributed by atoms with E-state index in [-0.39, 0.29) is 0 Å². The first-order valence-corrected chi connectivity index (χ1v) is 10.4. The number of carbonyl (C=O) groups is 1. The Morgan fingerprint density at radius 2 is 1.77 bits per heavy atom. The number of primary amides is 1. The topological polar surface area (TPSA) is 99.4 Å². The molecule has 160 valence electrons. The van der Waals surface area contributed by atoms with E-state index in [4.69, 9.17) is 15.2 Å². The van der Waals surface area contributed by atoms with Gasteiger partial charge in [-0.3, -0.25) is 20.1 Å². The predicted molar refractivity (Wildman–Crippen MR) is 117 cm³/mol. The minimum absolute atomic E-state index is 0.428. The number of amides is 1. The van der Waals surface area contributed by atoms with E-state index in [1.807, 2.05) is 48.7 Å². The van der Waals surface area contributed by atoms with Crippen LogP contribution in [-0.2, 0) is 23.2 Å². The molecule has 1 unspecified atom stereocenters. The van der Waals surface area contributed by atoms with Crippen LogP contribution in [0.5, 0.6) is 11.5 Å². The number of pyridine rings is 2. The van der Waals surface area contributed by atoms with Gasteiger partial charge in [0.2, 0.25) is 5.91 Å². The summed E-state index contributed by atoms with van der Waals surface area (Å²) in [5.74, 6) is 0.881. The summed E-state index contributed by atoms with van der Waals surface area (Å²) in [5.41, 5.74) is 7.91. The molecule has 0 saturated heterocycles. The molecule has 2 aromatic heterocycles. The Labute approximate surface area is 181 Å². The monoisotopic (exact) mass is 418 g/mol. The van der Waals surface area contributed by atoms with Crippen molar-refractivity contribution in [2.75, 3.05) is 19.8 Å². The molecule has 1 aromatic carbocycles. The quantitative estimate of drug-likeness (QED) is 0.554. The van der Waals surface area contributed by atoms with Gasteiger partial charge in [0.15, 0.2) is 11.5 Å². The lowest BCUT2D eigenvalue weighted by Crippen LogP contribution is -2.53. The number of nitrogens with zero attached hydrogens (tertiary/aromatic N) is 2. The Bertz CT molecular complexity index is 1010. The molecule has 3 N–H and O–H groups in total. The van der Waals surface area contributed by atoms with Gasteiger partial charge in [0, 0.05) is 31.3 Å². The van der Waals surface area contributed by atoms with Crippen LogP contribution in [0.3, 0.4) is 0 Å². The summed E-state index contributed by atoms with van der Waals surface area (Å²) in [6.07, 6.45) is 8.96. The van der Waals surface area contributed by atoms with E-state index in [9.17, 15) is 4.79 Å². The van der Waals surface area contributed by atoms with Crippen molar-refractivity contribution < 1.29 is 14.3 Å². The van der Waals surface area contributed by atoms with Gasteiger partial charge >= 0.3 is 0 Å². The van der Waals surface area contributed by atoms with Crippen LogP contribution < -0.4 is 20.5 Å². The fourth-order valence-electron chi connectivity index (χ4n) is 3.84. The van der Waals surface area contributed by atoms with Gasteiger partial charge < -0.3 is 15.2 Å². The van der Waals surface area contributed by atoms with Gasteiger partial charge in [0.1, 0.15) is 18.8 Å². The van der Waals surface area contributed by atoms with E-state index in [0.717, 1.165) is 23.1 Å². The Morgan fingerprint density at radius 1 is 0.968 bits per heavy atom. The molecule has 0 fully saturated rings. The molecule has 4 rings (SSSR count). The number of nitrogens with two attached hydrogens (primary N) is 1. The zero-order valence-corrected chi connectivity index (χ0v) is 17.3. The van der Waals surface area contributed by atoms with E-state index in [1.54, 1.807) is 18.6 Å². The highest BCUT2D eigenvalue weighted by molar-refractivity contribution is 5.86. The molecule has 7 nitrogen and oxygen atoms in total. The zero-order chi connectivity index (χ0) is 21.5. The van der Waals surface area contributed by atoms with Crippen molar-refractivity contribution in [2.24, 2.45) is 5.73 Å². The minimum atomic E-state index is -1.06. The van der Waals surface area contributed by atoms with E-state index >= 15 is 0 Å². The Morgan fingerprint density at radius 3 is 2.52 bits per heavy atom. The maximum absolute atomic E-state index is 12.9. The van der Waals surface area contributed by atoms with Crippen molar-refractivity contribution >= 4 is 5.91 Å². The number of fused-ring (bicyclic) bond motifs is 1. The summed E-state index contributed by atoms with van der Waals surface area (Å²) in [7, 11) is 0. The van der Waals surface area contributed by atoms with Gasteiger partial charge in [-0.25, -0.2) is 0 Å². The first-order chi connectivity index (χ1) is 15.2. The van der Waals surface area contributed by atoms with E-state index in [0.29, 0.717) is 44.1 Å². The molecule has 31 heavy (non-hydrogen) atoms. The average Bonchev–Trinajstić information content (AvgIpc) is 2.82. The number of aromatic nitrogens is 2. The number of aryl methyl sites for hydroxylation is 1. The molecule has 1 atom stereocenters. The lowest BCUT2D eigenvalue weighted by molar-refractivity contribution is -0.125. The fourth-order valence-corrected chi connectivity index (χ4v) is 3.84. The number of hydrogen-bond donors (Lipinski definition) is 2. The molecule has 1 aliphatic rings. The largest absolute Gasteiger partial charge is 0.486 e. The molecule has 0 aliphatic carbocycles. The summed E-state index contributed by atoms with van der Waals surface area (Å²) >= 11 is 0. The summed E-state index contributed by atoms with van der Waals surface area (Å²) in [6, 6.07) is 13.4. The minimum Gasteiger partial charge on any atom is -0.486 e. The molecule has 3 heterocycles. The number of hydrogen-bond acceptors (Lipinski definition) is 6. The number of benzene rings is 1. The van der Waals surface area contributed by atoms with Gasteiger partial charge in [-0.2, -0.15) is 0 Å². The molecular formula is C24H26N4O3. The zero-order valence-electron chi connectivity index (χ0n) is 17.3. The lowest BCUT2D eigenvalue weighted by atomic mass is 9.83. The third kappa shape index (κ3) is 4.83. The lowest BCUT2D eigenvalue weighted by Gasteiger charge is -2.33. The summed E-state index contributed by atoms with van der Waals surface area (Å²) in [5, 5.41) is 3.46. The van der Waals surface area contributed by atoms with Crippen LogP contribution in [0.4, 0.5) is 0 Å². The number of nitrogens with one attached hydrogen (secondary N) is 1.